The average molecular weight is 243 g/mol. The molecule has 0 spiro atoms. The standard InChI is InChI=1S/ClH.2Fe.H2O4S/c;;;1-5(2,3)4/h1H;;;(H2,1,2,3,4)/q;2*+2;/p-3. The summed E-state index contributed by atoms with van der Waals surface area (Å²) in [6.45, 7) is 0. The molecule has 0 unspecified atom stereocenters. The Balaban J connectivity index is -0.0000000267. The van der Waals surface area contributed by atoms with E-state index in [1.165, 1.54) is 0 Å². The molecule has 0 radical (unpaired) electrons. The molecule has 0 heterocycles. The van der Waals surface area contributed by atoms with Crippen molar-refractivity contribution in [3.05, 3.63) is 0 Å². The molecule has 0 saturated heterocycles. The molecule has 0 aliphatic rings. The van der Waals surface area contributed by atoms with E-state index in [1.54, 1.807) is 0 Å². The minimum Gasteiger partial charge on any atom is -1.00 e. The Bertz CT molecular complexity index is 97.2. The minimum absolute atomic E-state index is 0. The number of rotatable bonds is 0. The van der Waals surface area contributed by atoms with Gasteiger partial charge in [-0.2, -0.15) is 0 Å². The van der Waals surface area contributed by atoms with Crippen LogP contribution in [0.2, 0.25) is 0 Å². The van der Waals surface area contributed by atoms with Gasteiger partial charge in [0.2, 0.25) is 0 Å². The van der Waals surface area contributed by atoms with Gasteiger partial charge >= 0.3 is 34.1 Å². The Morgan fingerprint density at radius 3 is 1.00 bits per heavy atom. The van der Waals surface area contributed by atoms with Crippen LogP contribution >= 0.6 is 0 Å². The quantitative estimate of drug-likeness (QED) is 0.245. The van der Waals surface area contributed by atoms with Gasteiger partial charge in [-0.1, -0.05) is 0 Å². The summed E-state index contributed by atoms with van der Waals surface area (Å²) in [5, 5.41) is 0. The maximum absolute atomic E-state index is 8.52. The zero-order valence-corrected chi connectivity index (χ0v) is 6.91. The van der Waals surface area contributed by atoms with Crippen molar-refractivity contribution in [1.29, 1.82) is 0 Å². The first-order chi connectivity index (χ1) is 2.00. The topological polar surface area (TPSA) is 80.3 Å². The molecule has 0 atom stereocenters. The maximum Gasteiger partial charge on any atom is 2.00 e. The third-order valence-electron chi connectivity index (χ3n) is 0. The second kappa shape index (κ2) is 8.20. The van der Waals surface area contributed by atoms with E-state index in [2.05, 4.69) is 0 Å². The molecule has 0 bridgehead atoms. The summed E-state index contributed by atoms with van der Waals surface area (Å²) < 4.78 is 34.1. The molecule has 0 N–H and O–H groups in total. The van der Waals surface area contributed by atoms with Gasteiger partial charge in [0.1, 0.15) is 0 Å². The van der Waals surface area contributed by atoms with Crippen LogP contribution in [0.3, 0.4) is 0 Å². The summed E-state index contributed by atoms with van der Waals surface area (Å²) in [6, 6.07) is 0. The Kier molecular flexibility index (Phi) is 23.4. The Morgan fingerprint density at radius 2 is 1.00 bits per heavy atom. The van der Waals surface area contributed by atoms with Crippen molar-refractivity contribution in [2.24, 2.45) is 0 Å². The van der Waals surface area contributed by atoms with Crippen molar-refractivity contribution in [3.8, 4) is 0 Å². The Morgan fingerprint density at radius 1 is 1.00 bits per heavy atom. The zero-order chi connectivity index (χ0) is 4.50. The first-order valence-electron chi connectivity index (χ1n) is 0.667. The van der Waals surface area contributed by atoms with Crippen LogP contribution in [-0.2, 0) is 44.5 Å². The summed E-state index contributed by atoms with van der Waals surface area (Å²) in [5.41, 5.74) is 0. The normalized spacial score (nSPS) is 7.25. The van der Waals surface area contributed by atoms with Gasteiger partial charge in [0.05, 0.1) is 0 Å². The average Bonchev–Trinajstić information content (AvgIpc) is 0.722. The fourth-order valence-electron chi connectivity index (χ4n) is 0. The second-order valence-corrected chi connectivity index (χ2v) is 1.22. The van der Waals surface area contributed by atoms with Crippen LogP contribution in [0.4, 0.5) is 0 Å². The van der Waals surface area contributed by atoms with Gasteiger partial charge in [-0.25, -0.2) is 0 Å². The number of hydrogen-bond acceptors (Lipinski definition) is 4. The van der Waals surface area contributed by atoms with E-state index in [-0.39, 0.29) is 46.5 Å². The number of hydrogen-bond donors (Lipinski definition) is 0. The molecule has 0 aromatic rings. The van der Waals surface area contributed by atoms with Crippen LogP contribution in [0.25, 0.3) is 0 Å². The Labute approximate surface area is 74.4 Å². The van der Waals surface area contributed by atoms with Crippen molar-refractivity contribution in [2.45, 2.75) is 0 Å². The minimum atomic E-state index is -5.17. The van der Waals surface area contributed by atoms with E-state index in [0.29, 0.717) is 0 Å². The van der Waals surface area contributed by atoms with Crippen molar-refractivity contribution in [3.63, 3.8) is 0 Å². The van der Waals surface area contributed by atoms with Gasteiger partial charge in [-0.3, -0.25) is 8.42 Å². The van der Waals surface area contributed by atoms with E-state index in [1.807, 2.05) is 0 Å². The molecule has 8 heteroatoms. The summed E-state index contributed by atoms with van der Waals surface area (Å²) in [5.74, 6) is 0. The van der Waals surface area contributed by atoms with Gasteiger partial charge in [-0.05, 0) is 0 Å². The van der Waals surface area contributed by atoms with E-state index < -0.39 is 10.4 Å². The van der Waals surface area contributed by atoms with Gasteiger partial charge in [0.25, 0.3) is 0 Å². The Hall–Kier alpha value is 1.20. The molecule has 0 aromatic carbocycles. The van der Waals surface area contributed by atoms with Gasteiger partial charge in [-0.15, -0.1) is 0 Å². The SMILES string of the molecule is O=S(=O)([O-])[O-].[Cl-].[Fe+2].[Fe+2]. The van der Waals surface area contributed by atoms with Gasteiger partial charge < -0.3 is 21.5 Å². The molecule has 0 rings (SSSR count). The third-order valence-corrected chi connectivity index (χ3v) is 0. The maximum atomic E-state index is 8.52. The van der Waals surface area contributed by atoms with Crippen LogP contribution in [-0.4, -0.2) is 17.5 Å². The predicted molar refractivity (Wildman–Crippen MR) is 10.5 cm³/mol. The first-order valence-corrected chi connectivity index (χ1v) is 2.00. The van der Waals surface area contributed by atoms with Crippen molar-refractivity contribution in [1.82, 2.24) is 0 Å². The molecular weight excluding hydrogens is 243 g/mol. The molecular formula is ClFe2O4S+. The summed E-state index contributed by atoms with van der Waals surface area (Å²) >= 11 is 0. The van der Waals surface area contributed by atoms with Crippen molar-refractivity contribution >= 4 is 10.4 Å². The van der Waals surface area contributed by atoms with Gasteiger partial charge in [0, 0.05) is 10.4 Å². The van der Waals surface area contributed by atoms with Crippen LogP contribution in [0.15, 0.2) is 0 Å². The molecule has 0 aliphatic carbocycles. The zero-order valence-electron chi connectivity index (χ0n) is 3.13. The summed E-state index contributed by atoms with van der Waals surface area (Å²) in [4.78, 5) is 0. The van der Waals surface area contributed by atoms with E-state index >= 15 is 0 Å². The fraction of sp³-hybridized carbons (Fsp3) is 0. The largest absolute Gasteiger partial charge is 2.00 e. The summed E-state index contributed by atoms with van der Waals surface area (Å²) in [7, 11) is -5.17. The monoisotopic (exact) mass is 243 g/mol. The molecule has 0 aromatic heterocycles. The molecule has 0 saturated carbocycles. The smallest absolute Gasteiger partial charge is 1.00 e. The van der Waals surface area contributed by atoms with Crippen LogP contribution in [0, 0.1) is 0 Å². The van der Waals surface area contributed by atoms with E-state index in [4.69, 9.17) is 17.5 Å². The van der Waals surface area contributed by atoms with E-state index in [0.717, 1.165) is 0 Å². The van der Waals surface area contributed by atoms with Crippen LogP contribution in [0.1, 0.15) is 0 Å². The van der Waals surface area contributed by atoms with Crippen LogP contribution in [0.5, 0.6) is 0 Å². The number of halogens is 1. The molecule has 8 heavy (non-hydrogen) atoms. The summed E-state index contributed by atoms with van der Waals surface area (Å²) in [6.07, 6.45) is 0. The second-order valence-electron chi connectivity index (χ2n) is 0.408. The van der Waals surface area contributed by atoms with Crippen molar-refractivity contribution in [2.75, 3.05) is 0 Å². The van der Waals surface area contributed by atoms with Crippen LogP contribution < -0.4 is 12.4 Å². The third kappa shape index (κ3) is 192. The first kappa shape index (κ1) is 22.9. The van der Waals surface area contributed by atoms with E-state index in [9.17, 15) is 0 Å². The molecule has 52 valence electrons. The fourth-order valence-corrected chi connectivity index (χ4v) is 0. The molecule has 4 nitrogen and oxygen atoms in total. The molecule has 0 aliphatic heterocycles. The van der Waals surface area contributed by atoms with Crippen molar-refractivity contribution < 1.29 is 64.1 Å². The molecule has 0 fully saturated rings. The van der Waals surface area contributed by atoms with Gasteiger partial charge in [0.15, 0.2) is 0 Å². The molecule has 0 amide bonds. The predicted octanol–water partition coefficient (Wildman–Crippen LogP) is -4.34.